The van der Waals surface area contributed by atoms with Crippen LogP contribution in [0.15, 0.2) is 0 Å². The number of rotatable bonds is 11. The van der Waals surface area contributed by atoms with Crippen LogP contribution in [0.25, 0.3) is 0 Å². The van der Waals surface area contributed by atoms with Crippen LogP contribution in [-0.2, 0) is 29.0 Å². The summed E-state index contributed by atoms with van der Waals surface area (Å²) in [5, 5.41) is 8.53. The van der Waals surface area contributed by atoms with Gasteiger partial charge in [-0.05, 0) is 47.8 Å². The number of nitrogens with zero attached hydrogens (tertiary/aromatic N) is 1. The summed E-state index contributed by atoms with van der Waals surface area (Å²) >= 11 is 0. The average molecular weight is 638 g/mol. The lowest BCUT2D eigenvalue weighted by Crippen LogP contribution is -2.63. The predicted octanol–water partition coefficient (Wildman–Crippen LogP) is 1.66. The van der Waals surface area contributed by atoms with Crippen LogP contribution in [-0.4, -0.2) is 85.1 Å². The van der Waals surface area contributed by atoms with Crippen molar-refractivity contribution in [1.29, 1.82) is 0 Å². The van der Waals surface area contributed by atoms with Crippen molar-refractivity contribution in [2.45, 2.75) is 116 Å². The summed E-state index contributed by atoms with van der Waals surface area (Å²) in [6, 6.07) is -3.57. The molecule has 4 rings (SSSR count). The molecule has 0 spiro atoms. The number of hydrogen-bond donors (Lipinski definition) is 4. The molecule has 1 heterocycles. The lowest BCUT2D eigenvalue weighted by atomic mass is 9.80. The molecule has 12 nitrogen and oxygen atoms in total. The smallest absolute Gasteiger partial charge is 0.315 e. The molecule has 248 valence electrons. The van der Waals surface area contributed by atoms with E-state index in [2.05, 4.69) is 16.0 Å². The quantitative estimate of drug-likeness (QED) is 0.248. The first-order chi connectivity index (χ1) is 20.3. The van der Waals surface area contributed by atoms with Gasteiger partial charge in [-0.15, -0.1) is 0 Å². The Bertz CT molecular complexity index is 1280. The number of primary amides is 1. The molecule has 1 saturated heterocycles. The molecule has 1 aliphatic heterocycles. The number of carbonyl (C=O) groups excluding carboxylic acids is 5. The summed E-state index contributed by atoms with van der Waals surface area (Å²) in [5.41, 5.74) is 3.46. The van der Waals surface area contributed by atoms with E-state index in [1.165, 1.54) is 4.90 Å². The molecule has 5 atom stereocenters. The van der Waals surface area contributed by atoms with Crippen LogP contribution in [0.2, 0.25) is 0 Å². The van der Waals surface area contributed by atoms with E-state index in [1.807, 2.05) is 34.6 Å². The molecule has 0 aromatic carbocycles. The zero-order valence-electron chi connectivity index (χ0n) is 27.0. The van der Waals surface area contributed by atoms with Crippen molar-refractivity contribution in [2.75, 3.05) is 18.6 Å². The van der Waals surface area contributed by atoms with Crippen molar-refractivity contribution in [3.63, 3.8) is 0 Å². The van der Waals surface area contributed by atoms with Crippen LogP contribution in [0.5, 0.6) is 0 Å². The van der Waals surface area contributed by atoms with Crippen LogP contribution in [0.3, 0.4) is 0 Å². The molecule has 5 N–H and O–H groups in total. The number of likely N-dealkylation sites (tertiary alicyclic amines) is 1. The Balaban J connectivity index is 1.54. The topological polar surface area (TPSA) is 185 Å². The second-order valence-electron chi connectivity index (χ2n) is 15.5. The van der Waals surface area contributed by atoms with E-state index in [1.54, 1.807) is 0 Å². The Hall–Kier alpha value is -2.70. The minimum Gasteiger partial charge on any atom is -0.363 e. The zero-order valence-corrected chi connectivity index (χ0v) is 27.8. The Labute approximate surface area is 261 Å². The van der Waals surface area contributed by atoms with E-state index < -0.39 is 68.5 Å². The van der Waals surface area contributed by atoms with E-state index in [9.17, 15) is 32.4 Å². The van der Waals surface area contributed by atoms with E-state index in [0.717, 1.165) is 44.8 Å². The zero-order chi connectivity index (χ0) is 32.8. The van der Waals surface area contributed by atoms with Gasteiger partial charge in [0.05, 0.1) is 17.3 Å². The van der Waals surface area contributed by atoms with E-state index in [4.69, 9.17) is 5.73 Å². The Morgan fingerprint density at radius 2 is 1.59 bits per heavy atom. The Morgan fingerprint density at radius 1 is 0.977 bits per heavy atom. The molecule has 3 saturated carbocycles. The molecule has 0 bridgehead atoms. The van der Waals surface area contributed by atoms with Crippen LogP contribution < -0.4 is 21.7 Å². The average Bonchev–Trinajstić information content (AvgIpc) is 3.19. The second-order valence-corrected chi connectivity index (χ2v) is 17.7. The molecule has 44 heavy (non-hydrogen) atoms. The summed E-state index contributed by atoms with van der Waals surface area (Å²) in [6.45, 7) is 9.86. The molecule has 0 radical (unpaired) electrons. The third kappa shape index (κ3) is 7.39. The molecular weight excluding hydrogens is 586 g/mol. The molecular formula is C31H51N5O7S. The lowest BCUT2D eigenvalue weighted by Gasteiger charge is -2.40. The maximum atomic E-state index is 14.2. The van der Waals surface area contributed by atoms with Crippen LogP contribution in [0.1, 0.15) is 92.4 Å². The normalized spacial score (nSPS) is 27.2. The van der Waals surface area contributed by atoms with Gasteiger partial charge in [0.15, 0.2) is 0 Å². The molecule has 2 unspecified atom stereocenters. The fraction of sp³-hybridized carbons (Fsp3) is 0.839. The van der Waals surface area contributed by atoms with Crippen molar-refractivity contribution in [3.05, 3.63) is 0 Å². The summed E-state index contributed by atoms with van der Waals surface area (Å²) in [6.07, 6.45) is 7.94. The number of nitrogens with one attached hydrogen (secondary N) is 3. The van der Waals surface area contributed by atoms with Gasteiger partial charge in [-0.3, -0.25) is 19.2 Å². The van der Waals surface area contributed by atoms with Crippen LogP contribution in [0.4, 0.5) is 4.79 Å². The minimum absolute atomic E-state index is 0.0637. The fourth-order valence-electron chi connectivity index (χ4n) is 7.79. The molecule has 0 aromatic rings. The number of hydrogen-bond acceptors (Lipinski definition) is 7. The number of amides is 5. The minimum atomic E-state index is -3.39. The van der Waals surface area contributed by atoms with Crippen molar-refractivity contribution in [3.8, 4) is 0 Å². The number of nitrogens with two attached hydrogens (primary N) is 1. The monoisotopic (exact) mass is 637 g/mol. The van der Waals surface area contributed by atoms with Crippen molar-refractivity contribution >= 4 is 39.4 Å². The standard InChI is InChI=1S/C31H51N5O7S/c1-29(2,3)24(34-28(41)35-31(17-44(6,42)43)13-8-7-9-14-31)27(40)36-16-19-21(30(19,4)5)22(36)26(39)33-20(23(37)25(32)38)15-18-11-10-12-18/h18-22,24H,7-17H2,1-6H3,(H2,32,38)(H,33,39)(H2,34,35,41)/t19-,20?,21?,22+,24-/m1/s1. The summed E-state index contributed by atoms with van der Waals surface area (Å²) in [7, 11) is -3.39. The van der Waals surface area contributed by atoms with Gasteiger partial charge in [0, 0.05) is 12.8 Å². The van der Waals surface area contributed by atoms with Gasteiger partial charge in [-0.1, -0.05) is 73.1 Å². The first-order valence-electron chi connectivity index (χ1n) is 16.0. The number of sulfone groups is 1. The third-order valence-corrected chi connectivity index (χ3v) is 11.6. The van der Waals surface area contributed by atoms with Crippen molar-refractivity contribution < 1.29 is 32.4 Å². The SMILES string of the molecule is CC(C)(C)[C@H](NC(=O)NC1(CS(C)(=O)=O)CCCCC1)C(=O)N1C[C@@H]2C([C@H]1C(=O)NC(CC1CCC1)C(=O)C(N)=O)C2(C)C. The number of fused-ring (bicyclic) bond motifs is 1. The summed E-state index contributed by atoms with van der Waals surface area (Å²) < 4.78 is 24.5. The Kier molecular flexibility index (Phi) is 9.51. The first-order valence-corrected chi connectivity index (χ1v) is 18.0. The van der Waals surface area contributed by atoms with Gasteiger partial charge in [0.2, 0.25) is 17.6 Å². The number of piperidine rings is 1. The van der Waals surface area contributed by atoms with Gasteiger partial charge >= 0.3 is 6.03 Å². The number of urea groups is 1. The van der Waals surface area contributed by atoms with Gasteiger partial charge in [-0.25, -0.2) is 13.2 Å². The van der Waals surface area contributed by atoms with Crippen molar-refractivity contribution in [2.24, 2.45) is 34.3 Å². The van der Waals surface area contributed by atoms with Gasteiger partial charge in [-0.2, -0.15) is 0 Å². The van der Waals surface area contributed by atoms with E-state index in [-0.39, 0.29) is 28.9 Å². The van der Waals surface area contributed by atoms with E-state index >= 15 is 0 Å². The number of Topliss-reactive ketones (excluding diaryl/α,β-unsaturated/α-hetero) is 1. The fourth-order valence-corrected chi connectivity index (χ4v) is 9.16. The van der Waals surface area contributed by atoms with Crippen LogP contribution in [0, 0.1) is 28.6 Å². The first kappa shape index (κ1) is 34.2. The largest absolute Gasteiger partial charge is 0.363 e. The molecule has 4 aliphatic rings. The summed E-state index contributed by atoms with van der Waals surface area (Å²) in [4.78, 5) is 67.6. The van der Waals surface area contributed by atoms with Gasteiger partial charge in [0.25, 0.3) is 5.91 Å². The highest BCUT2D eigenvalue weighted by molar-refractivity contribution is 7.90. The highest BCUT2D eigenvalue weighted by atomic mass is 32.2. The molecule has 5 amide bonds. The maximum Gasteiger partial charge on any atom is 0.315 e. The maximum absolute atomic E-state index is 14.2. The lowest BCUT2D eigenvalue weighted by molar-refractivity contribution is -0.145. The van der Waals surface area contributed by atoms with Gasteiger partial charge in [0.1, 0.15) is 21.9 Å². The highest BCUT2D eigenvalue weighted by Crippen LogP contribution is 2.65. The predicted molar refractivity (Wildman–Crippen MR) is 165 cm³/mol. The molecule has 4 fully saturated rings. The van der Waals surface area contributed by atoms with Crippen molar-refractivity contribution in [1.82, 2.24) is 20.9 Å². The van der Waals surface area contributed by atoms with Crippen LogP contribution >= 0.6 is 0 Å². The van der Waals surface area contributed by atoms with E-state index in [0.29, 0.717) is 25.8 Å². The molecule has 3 aliphatic carbocycles. The molecule has 13 heteroatoms. The third-order valence-electron chi connectivity index (χ3n) is 10.5. The van der Waals surface area contributed by atoms with Gasteiger partial charge < -0.3 is 26.6 Å². The Morgan fingerprint density at radius 3 is 2.09 bits per heavy atom. The summed E-state index contributed by atoms with van der Waals surface area (Å²) in [5.74, 6) is -2.91. The number of ketones is 1. The molecule has 0 aromatic heterocycles. The second kappa shape index (κ2) is 12.2. The highest BCUT2D eigenvalue weighted by Gasteiger charge is 2.70. The number of carbonyl (C=O) groups is 5.